The van der Waals surface area contributed by atoms with Gasteiger partial charge in [-0.25, -0.2) is 0 Å². The van der Waals surface area contributed by atoms with Crippen LogP contribution in [0.1, 0.15) is 23.6 Å². The quantitative estimate of drug-likeness (QED) is 0.719. The number of hydrogen-bond donors (Lipinski definition) is 2. The summed E-state index contributed by atoms with van der Waals surface area (Å²) in [4.78, 5) is 14.4. The van der Waals surface area contributed by atoms with Crippen molar-refractivity contribution in [2.45, 2.75) is 18.9 Å². The molecule has 0 radical (unpaired) electrons. The molecule has 1 atom stereocenters. The summed E-state index contributed by atoms with van der Waals surface area (Å²) in [5.74, 6) is 0.0453. The lowest BCUT2D eigenvalue weighted by molar-refractivity contribution is -0.121. The van der Waals surface area contributed by atoms with Crippen LogP contribution in [0.3, 0.4) is 0 Å². The summed E-state index contributed by atoms with van der Waals surface area (Å²) in [6, 6.07) is 17.7. The van der Waals surface area contributed by atoms with E-state index in [0.717, 1.165) is 23.4 Å². The summed E-state index contributed by atoms with van der Waals surface area (Å²) in [6.45, 7) is 0.767. The van der Waals surface area contributed by atoms with Crippen molar-refractivity contribution in [1.29, 1.82) is 0 Å². The third kappa shape index (κ3) is 7.78. The molecule has 0 bridgehead atoms. The highest BCUT2D eigenvalue weighted by atomic mass is 35.5. The molecule has 0 aliphatic heterocycles. The van der Waals surface area contributed by atoms with E-state index in [9.17, 15) is 4.79 Å². The second-order valence-corrected chi connectivity index (χ2v) is 5.99. The van der Waals surface area contributed by atoms with E-state index >= 15 is 0 Å². The zero-order chi connectivity index (χ0) is 16.7. The Bertz CT molecular complexity index is 636. The highest BCUT2D eigenvalue weighted by molar-refractivity contribution is 5.85. The molecule has 4 nitrogen and oxygen atoms in total. The van der Waals surface area contributed by atoms with Crippen LogP contribution in [0, 0.1) is 0 Å². The van der Waals surface area contributed by atoms with Crippen molar-refractivity contribution in [3.63, 3.8) is 0 Å². The Morgan fingerprint density at radius 2 is 1.64 bits per heavy atom. The maximum atomic E-state index is 12.3. The van der Waals surface area contributed by atoms with Crippen LogP contribution in [0.15, 0.2) is 54.6 Å². The van der Waals surface area contributed by atoms with E-state index in [1.807, 2.05) is 68.7 Å². The van der Waals surface area contributed by atoms with Gasteiger partial charge in [-0.05, 0) is 37.7 Å². The van der Waals surface area contributed by atoms with Crippen molar-refractivity contribution in [2.75, 3.05) is 26.4 Å². The molecule has 2 aromatic carbocycles. The van der Waals surface area contributed by atoms with Crippen molar-refractivity contribution >= 4 is 36.4 Å². The maximum absolute atomic E-state index is 12.3. The van der Waals surface area contributed by atoms with Gasteiger partial charge in [0.15, 0.2) is 0 Å². The van der Waals surface area contributed by atoms with Crippen molar-refractivity contribution < 1.29 is 4.79 Å². The van der Waals surface area contributed by atoms with Gasteiger partial charge < -0.3 is 16.0 Å². The number of rotatable bonds is 7. The third-order valence-corrected chi connectivity index (χ3v) is 3.76. The Hall–Kier alpha value is -1.75. The first-order valence-corrected chi connectivity index (χ1v) is 7.88. The van der Waals surface area contributed by atoms with Crippen LogP contribution >= 0.6 is 24.8 Å². The van der Waals surface area contributed by atoms with Crippen molar-refractivity contribution in [2.24, 2.45) is 0 Å². The first kappa shape index (κ1) is 23.2. The van der Waals surface area contributed by atoms with E-state index in [4.69, 9.17) is 5.73 Å². The van der Waals surface area contributed by atoms with Gasteiger partial charge in [0.05, 0.1) is 6.04 Å². The molecule has 25 heavy (non-hydrogen) atoms. The first-order chi connectivity index (χ1) is 11.1. The highest BCUT2D eigenvalue weighted by Crippen LogP contribution is 2.15. The predicted molar refractivity (Wildman–Crippen MR) is 110 cm³/mol. The minimum atomic E-state index is -0.00757. The van der Waals surface area contributed by atoms with Gasteiger partial charge >= 0.3 is 0 Å². The number of nitrogens with two attached hydrogens (primary N) is 1. The number of carbonyl (C=O) groups excluding carboxylic acids is 1. The summed E-state index contributed by atoms with van der Waals surface area (Å²) in [5, 5.41) is 3.13. The fourth-order valence-corrected chi connectivity index (χ4v) is 2.56. The molecular weight excluding hydrogens is 357 g/mol. The molecule has 0 aliphatic rings. The van der Waals surface area contributed by atoms with Crippen LogP contribution < -0.4 is 11.1 Å². The number of aryl methyl sites for hydroxylation is 1. The molecule has 2 aromatic rings. The van der Waals surface area contributed by atoms with E-state index in [-0.39, 0.29) is 36.8 Å². The summed E-state index contributed by atoms with van der Waals surface area (Å²) in [7, 11) is 4.01. The molecule has 2 rings (SSSR count). The van der Waals surface area contributed by atoms with Crippen LogP contribution in [0.4, 0.5) is 5.69 Å². The van der Waals surface area contributed by atoms with Crippen molar-refractivity contribution in [1.82, 2.24) is 10.2 Å². The van der Waals surface area contributed by atoms with Crippen LogP contribution in [-0.4, -0.2) is 31.4 Å². The van der Waals surface area contributed by atoms with Gasteiger partial charge in [0, 0.05) is 18.7 Å². The maximum Gasteiger partial charge on any atom is 0.220 e. The Morgan fingerprint density at radius 3 is 2.24 bits per heavy atom. The Kier molecular flexibility index (Phi) is 10.9. The average Bonchev–Trinajstić information content (AvgIpc) is 2.54. The molecular formula is C19H27Cl2N3O. The number of benzene rings is 2. The number of nitrogens with one attached hydrogen (secondary N) is 1. The van der Waals surface area contributed by atoms with E-state index < -0.39 is 0 Å². The van der Waals surface area contributed by atoms with Gasteiger partial charge in [-0.2, -0.15) is 0 Å². The lowest BCUT2D eigenvalue weighted by Crippen LogP contribution is -2.35. The average molecular weight is 384 g/mol. The second kappa shape index (κ2) is 11.7. The number of carbonyl (C=O) groups is 1. The molecule has 138 valence electrons. The molecule has 1 amide bonds. The van der Waals surface area contributed by atoms with E-state index in [2.05, 4.69) is 10.2 Å². The number of likely N-dealkylation sites (N-methyl/N-ethyl adjacent to an activating group) is 1. The highest BCUT2D eigenvalue weighted by Gasteiger charge is 2.15. The van der Waals surface area contributed by atoms with Gasteiger partial charge in [0.25, 0.3) is 0 Å². The topological polar surface area (TPSA) is 58.4 Å². The van der Waals surface area contributed by atoms with Gasteiger partial charge in [-0.1, -0.05) is 48.5 Å². The molecule has 0 aliphatic carbocycles. The lowest BCUT2D eigenvalue weighted by atomic mass is 10.0. The second-order valence-electron chi connectivity index (χ2n) is 5.99. The standard InChI is InChI=1S/C19H25N3O.2ClH/c1-22(2)14-18(16-9-4-3-5-10-16)21-19(23)13-12-15-8-6-7-11-17(15)20;;/h3-11,18H,12-14,20H2,1-2H3,(H,21,23);2*1H. The molecule has 0 heterocycles. The smallest absolute Gasteiger partial charge is 0.220 e. The number of hydrogen-bond acceptors (Lipinski definition) is 3. The predicted octanol–water partition coefficient (Wildman–Crippen LogP) is 3.46. The summed E-state index contributed by atoms with van der Waals surface area (Å²) in [5.41, 5.74) is 8.81. The van der Waals surface area contributed by atoms with Gasteiger partial charge in [0.2, 0.25) is 5.91 Å². The monoisotopic (exact) mass is 383 g/mol. The molecule has 1 unspecified atom stereocenters. The molecule has 3 N–H and O–H groups in total. The minimum Gasteiger partial charge on any atom is -0.399 e. The lowest BCUT2D eigenvalue weighted by Gasteiger charge is -2.23. The van der Waals surface area contributed by atoms with Crippen LogP contribution in [0.5, 0.6) is 0 Å². The fourth-order valence-electron chi connectivity index (χ4n) is 2.56. The largest absolute Gasteiger partial charge is 0.399 e. The molecule has 0 fully saturated rings. The first-order valence-electron chi connectivity index (χ1n) is 7.88. The van der Waals surface area contributed by atoms with Crippen LogP contribution in [0.25, 0.3) is 0 Å². The Morgan fingerprint density at radius 1 is 1.04 bits per heavy atom. The number of nitrogens with zero attached hydrogens (tertiary/aromatic N) is 1. The van der Waals surface area contributed by atoms with E-state index in [1.54, 1.807) is 0 Å². The van der Waals surface area contributed by atoms with Crippen LogP contribution in [-0.2, 0) is 11.2 Å². The molecule has 0 aromatic heterocycles. The number of para-hydroxylation sites is 1. The van der Waals surface area contributed by atoms with Gasteiger partial charge in [0.1, 0.15) is 0 Å². The normalized spacial score (nSPS) is 11.2. The number of amides is 1. The van der Waals surface area contributed by atoms with Gasteiger partial charge in [-0.3, -0.25) is 4.79 Å². The summed E-state index contributed by atoms with van der Waals surface area (Å²) >= 11 is 0. The van der Waals surface area contributed by atoms with Crippen molar-refractivity contribution in [3.05, 3.63) is 65.7 Å². The van der Waals surface area contributed by atoms with Crippen molar-refractivity contribution in [3.8, 4) is 0 Å². The third-order valence-electron chi connectivity index (χ3n) is 3.76. The Balaban J connectivity index is 0.00000288. The number of anilines is 1. The molecule has 0 saturated carbocycles. The zero-order valence-corrected chi connectivity index (χ0v) is 16.3. The van der Waals surface area contributed by atoms with E-state index in [1.165, 1.54) is 0 Å². The van der Waals surface area contributed by atoms with Gasteiger partial charge in [-0.15, -0.1) is 24.8 Å². The number of halogens is 2. The summed E-state index contributed by atoms with van der Waals surface area (Å²) in [6.07, 6.45) is 1.09. The van der Waals surface area contributed by atoms with Crippen LogP contribution in [0.2, 0.25) is 0 Å². The fraction of sp³-hybridized carbons (Fsp3) is 0.316. The van der Waals surface area contributed by atoms with E-state index in [0.29, 0.717) is 12.8 Å². The molecule has 0 spiro atoms. The Labute approximate surface area is 162 Å². The minimum absolute atomic E-state index is 0. The SMILES string of the molecule is CN(C)CC(NC(=O)CCc1ccccc1N)c1ccccc1.Cl.Cl. The molecule has 6 heteroatoms. The zero-order valence-electron chi connectivity index (χ0n) is 14.6. The summed E-state index contributed by atoms with van der Waals surface area (Å²) < 4.78 is 0. The number of nitrogen functional groups attached to an aromatic ring is 1. The molecule has 0 saturated heterocycles.